The van der Waals surface area contributed by atoms with Crippen LogP contribution in [0.3, 0.4) is 0 Å². The lowest BCUT2D eigenvalue weighted by Gasteiger charge is -2.34. The fraction of sp³-hybridized carbons (Fsp3) is 0.417. The molecule has 1 aliphatic rings. The Morgan fingerprint density at radius 3 is 2.77 bits per heavy atom. The maximum Gasteiger partial charge on any atom is 0.230 e. The predicted molar refractivity (Wildman–Crippen MR) is 124 cm³/mol. The normalized spacial score (nSPS) is 21.1. The van der Waals surface area contributed by atoms with Crippen LogP contribution < -0.4 is 5.32 Å². The minimum atomic E-state index is 0.0539. The van der Waals surface area contributed by atoms with Crippen LogP contribution in [0.1, 0.15) is 38.7 Å². The van der Waals surface area contributed by atoms with Crippen molar-refractivity contribution in [1.29, 1.82) is 0 Å². The van der Waals surface area contributed by atoms with Gasteiger partial charge in [-0.2, -0.15) is 0 Å². The summed E-state index contributed by atoms with van der Waals surface area (Å²) in [6.07, 6.45) is 7.02. The molecule has 2 aromatic heterocycles. The molecule has 0 radical (unpaired) electrons. The maximum atomic E-state index is 12.7. The number of carbonyl (C=O) groups is 1. The summed E-state index contributed by atoms with van der Waals surface area (Å²) in [5.74, 6) is 2.25. The molecule has 1 aromatic carbocycles. The third-order valence-electron chi connectivity index (χ3n) is 6.30. The number of nitrogens with one attached hydrogen (secondary N) is 1. The highest BCUT2D eigenvalue weighted by molar-refractivity contribution is 7.99. The summed E-state index contributed by atoms with van der Waals surface area (Å²) in [5, 5.41) is 12.8. The number of hydrogen-bond acceptors (Lipinski definition) is 5. The van der Waals surface area contributed by atoms with E-state index in [4.69, 9.17) is 0 Å². The molecule has 3 atom stereocenters. The van der Waals surface area contributed by atoms with E-state index < -0.39 is 0 Å². The number of aryl methyl sites for hydroxylation is 1. The Hall–Kier alpha value is -2.67. The number of carbonyl (C=O) groups excluding carboxylic acids is 1. The van der Waals surface area contributed by atoms with Crippen LogP contribution in [0, 0.1) is 18.8 Å². The number of para-hydroxylation sites is 1. The van der Waals surface area contributed by atoms with Crippen LogP contribution in [0.5, 0.6) is 0 Å². The first-order valence-electron chi connectivity index (χ1n) is 10.9. The Bertz CT molecular complexity index is 1040. The Labute approximate surface area is 187 Å². The molecule has 0 unspecified atom stereocenters. The van der Waals surface area contributed by atoms with Gasteiger partial charge in [0.15, 0.2) is 11.0 Å². The molecule has 31 heavy (non-hydrogen) atoms. The highest BCUT2D eigenvalue weighted by atomic mass is 32.2. The molecule has 7 heteroatoms. The summed E-state index contributed by atoms with van der Waals surface area (Å²) >= 11 is 1.42. The molecule has 0 saturated heterocycles. The van der Waals surface area contributed by atoms with Gasteiger partial charge in [-0.15, -0.1) is 10.2 Å². The minimum Gasteiger partial charge on any atom is -0.352 e. The van der Waals surface area contributed by atoms with Crippen LogP contribution in [-0.2, 0) is 4.79 Å². The first-order valence-corrected chi connectivity index (χ1v) is 11.9. The number of rotatable bonds is 6. The van der Waals surface area contributed by atoms with E-state index in [-0.39, 0.29) is 11.9 Å². The van der Waals surface area contributed by atoms with Gasteiger partial charge >= 0.3 is 0 Å². The van der Waals surface area contributed by atoms with E-state index in [0.717, 1.165) is 29.1 Å². The summed E-state index contributed by atoms with van der Waals surface area (Å²) < 4.78 is 2.02. The van der Waals surface area contributed by atoms with E-state index in [1.54, 1.807) is 12.4 Å². The van der Waals surface area contributed by atoms with Gasteiger partial charge in [0.2, 0.25) is 5.91 Å². The summed E-state index contributed by atoms with van der Waals surface area (Å²) in [6, 6.07) is 12.2. The minimum absolute atomic E-state index is 0.0539. The molecule has 0 aliphatic heterocycles. The number of aromatic nitrogens is 4. The van der Waals surface area contributed by atoms with Crippen LogP contribution in [-0.4, -0.2) is 37.5 Å². The second kappa shape index (κ2) is 9.64. The zero-order chi connectivity index (χ0) is 21.8. The smallest absolute Gasteiger partial charge is 0.230 e. The highest BCUT2D eigenvalue weighted by Gasteiger charge is 2.28. The quantitative estimate of drug-likeness (QED) is 0.570. The number of thioether (sulfide) groups is 1. The monoisotopic (exact) mass is 435 g/mol. The van der Waals surface area contributed by atoms with Crippen LogP contribution >= 0.6 is 11.8 Å². The van der Waals surface area contributed by atoms with Crippen molar-refractivity contribution in [2.75, 3.05) is 5.75 Å². The van der Waals surface area contributed by atoms with E-state index in [1.807, 2.05) is 34.9 Å². The van der Waals surface area contributed by atoms with E-state index in [0.29, 0.717) is 22.7 Å². The van der Waals surface area contributed by atoms with Crippen molar-refractivity contribution in [1.82, 2.24) is 25.1 Å². The number of benzene rings is 1. The Balaban J connectivity index is 1.55. The van der Waals surface area contributed by atoms with Gasteiger partial charge in [-0.3, -0.25) is 14.3 Å². The van der Waals surface area contributed by atoms with E-state index >= 15 is 0 Å². The molecular formula is C24H29N5OS. The van der Waals surface area contributed by atoms with Gasteiger partial charge in [0.25, 0.3) is 0 Å². The standard InChI is InChI=1S/C24H29N5OS/c1-16-9-6-11-20(18(16)3)26-22(30)15-31-24-28-27-23(19-10-7-13-25-14-19)29(24)21-12-5-4-8-17(21)2/h4-5,7-8,10,12-14,16,18,20H,6,9,11,15H2,1-3H3,(H,26,30)/t16-,18-,20-/m1/s1. The van der Waals surface area contributed by atoms with Gasteiger partial charge in [-0.25, -0.2) is 0 Å². The van der Waals surface area contributed by atoms with Crippen molar-refractivity contribution in [2.45, 2.75) is 51.2 Å². The molecule has 3 aromatic rings. The molecule has 0 spiro atoms. The molecular weight excluding hydrogens is 406 g/mol. The molecule has 1 amide bonds. The van der Waals surface area contributed by atoms with Gasteiger partial charge in [0, 0.05) is 24.0 Å². The van der Waals surface area contributed by atoms with Gasteiger partial charge in [-0.1, -0.05) is 56.7 Å². The fourth-order valence-electron chi connectivity index (χ4n) is 4.24. The Kier molecular flexibility index (Phi) is 6.70. The number of hydrogen-bond donors (Lipinski definition) is 1. The van der Waals surface area contributed by atoms with Crippen LogP contribution in [0.15, 0.2) is 53.9 Å². The van der Waals surface area contributed by atoms with Crippen LogP contribution in [0.4, 0.5) is 0 Å². The number of pyridine rings is 1. The molecule has 0 bridgehead atoms. The Morgan fingerprint density at radius 2 is 2.00 bits per heavy atom. The summed E-state index contributed by atoms with van der Waals surface area (Å²) in [6.45, 7) is 6.59. The van der Waals surface area contributed by atoms with Gasteiger partial charge in [0.1, 0.15) is 0 Å². The van der Waals surface area contributed by atoms with E-state index in [1.165, 1.54) is 24.6 Å². The summed E-state index contributed by atoms with van der Waals surface area (Å²) in [5.41, 5.74) is 3.01. The lowest BCUT2D eigenvalue weighted by Crippen LogP contribution is -2.44. The topological polar surface area (TPSA) is 72.7 Å². The van der Waals surface area contributed by atoms with Crippen LogP contribution in [0.25, 0.3) is 17.1 Å². The second-order valence-electron chi connectivity index (χ2n) is 8.40. The largest absolute Gasteiger partial charge is 0.352 e. The molecule has 1 aliphatic carbocycles. The molecule has 162 valence electrons. The van der Waals surface area contributed by atoms with Crippen molar-refractivity contribution < 1.29 is 4.79 Å². The first-order chi connectivity index (χ1) is 15.0. The van der Waals surface area contributed by atoms with E-state index in [2.05, 4.69) is 47.3 Å². The average molecular weight is 436 g/mol. The first kappa shape index (κ1) is 21.6. The lowest BCUT2D eigenvalue weighted by atomic mass is 9.78. The predicted octanol–water partition coefficient (Wildman–Crippen LogP) is 4.67. The fourth-order valence-corrected chi connectivity index (χ4v) is 5.00. The molecule has 1 saturated carbocycles. The summed E-state index contributed by atoms with van der Waals surface area (Å²) in [4.78, 5) is 17.0. The summed E-state index contributed by atoms with van der Waals surface area (Å²) in [7, 11) is 0. The lowest BCUT2D eigenvalue weighted by molar-refractivity contribution is -0.120. The third kappa shape index (κ3) is 4.82. The zero-order valence-electron chi connectivity index (χ0n) is 18.3. The Morgan fingerprint density at radius 1 is 1.16 bits per heavy atom. The van der Waals surface area contributed by atoms with E-state index in [9.17, 15) is 4.79 Å². The van der Waals surface area contributed by atoms with Gasteiger partial charge < -0.3 is 5.32 Å². The van der Waals surface area contributed by atoms with Crippen molar-refractivity contribution >= 4 is 17.7 Å². The van der Waals surface area contributed by atoms with Crippen molar-refractivity contribution in [3.05, 3.63) is 54.4 Å². The van der Waals surface area contributed by atoms with Crippen molar-refractivity contribution in [2.24, 2.45) is 11.8 Å². The third-order valence-corrected chi connectivity index (χ3v) is 7.22. The van der Waals surface area contributed by atoms with Gasteiger partial charge in [-0.05, 0) is 48.9 Å². The SMILES string of the molecule is Cc1ccccc1-n1c(SCC(=O)N[C@@H]2CCC[C@@H](C)[C@H]2C)nnc1-c1cccnc1. The van der Waals surface area contributed by atoms with Crippen LogP contribution in [0.2, 0.25) is 0 Å². The second-order valence-corrected chi connectivity index (χ2v) is 9.34. The van der Waals surface area contributed by atoms with Gasteiger partial charge in [0.05, 0.1) is 11.4 Å². The highest BCUT2D eigenvalue weighted by Crippen LogP contribution is 2.31. The molecule has 2 heterocycles. The maximum absolute atomic E-state index is 12.7. The zero-order valence-corrected chi connectivity index (χ0v) is 19.1. The van der Waals surface area contributed by atoms with Crippen molar-refractivity contribution in [3.8, 4) is 17.1 Å². The molecule has 1 N–H and O–H groups in total. The molecule has 1 fully saturated rings. The average Bonchev–Trinajstić information content (AvgIpc) is 3.20. The number of amides is 1. The van der Waals surface area contributed by atoms with Crippen molar-refractivity contribution in [3.63, 3.8) is 0 Å². The molecule has 6 nitrogen and oxygen atoms in total. The molecule has 4 rings (SSSR count). The number of nitrogens with zero attached hydrogens (tertiary/aromatic N) is 4.